The molecule has 1 aromatic heterocycles. The molecule has 1 aliphatic rings. The van der Waals surface area contributed by atoms with E-state index in [0.717, 1.165) is 21.9 Å². The highest BCUT2D eigenvalue weighted by Gasteiger charge is 2.48. The molecule has 2 heterocycles. The van der Waals surface area contributed by atoms with Gasteiger partial charge in [0.2, 0.25) is 0 Å². The topological polar surface area (TPSA) is 70.8 Å². The first-order chi connectivity index (χ1) is 15.8. The molecule has 0 saturated carbocycles. The number of aliphatic hydroxyl groups is 1. The monoisotopic (exact) mass is 437 g/mol. The number of fused-ring (bicyclic) bond motifs is 1. The van der Waals surface area contributed by atoms with E-state index < -0.39 is 17.7 Å². The lowest BCUT2D eigenvalue weighted by Gasteiger charge is -2.24. The van der Waals surface area contributed by atoms with Gasteiger partial charge in [-0.2, -0.15) is 0 Å². The number of carbonyl (C=O) groups is 2. The lowest BCUT2D eigenvalue weighted by molar-refractivity contribution is -0.132. The minimum absolute atomic E-state index is 0.0184. The fourth-order valence-corrected chi connectivity index (χ4v) is 4.64. The molecular formula is C28H23NO4. The maximum absolute atomic E-state index is 13.3. The average molecular weight is 437 g/mol. The van der Waals surface area contributed by atoms with E-state index in [0.29, 0.717) is 22.8 Å². The molecule has 1 fully saturated rings. The van der Waals surface area contributed by atoms with Crippen molar-refractivity contribution in [2.45, 2.75) is 26.8 Å². The van der Waals surface area contributed by atoms with Crippen LogP contribution in [0.1, 0.15) is 34.3 Å². The second kappa shape index (κ2) is 7.78. The summed E-state index contributed by atoms with van der Waals surface area (Å²) in [6.07, 6.45) is 0. The van der Waals surface area contributed by atoms with Crippen molar-refractivity contribution in [1.82, 2.24) is 0 Å². The summed E-state index contributed by atoms with van der Waals surface area (Å²) < 4.78 is 5.89. The summed E-state index contributed by atoms with van der Waals surface area (Å²) in [7, 11) is 0. The van der Waals surface area contributed by atoms with Crippen molar-refractivity contribution in [2.75, 3.05) is 4.90 Å². The lowest BCUT2D eigenvalue weighted by atomic mass is 9.96. The Hall–Kier alpha value is -4.12. The van der Waals surface area contributed by atoms with E-state index in [1.54, 1.807) is 25.1 Å². The van der Waals surface area contributed by atoms with Gasteiger partial charge in [0.05, 0.1) is 5.57 Å². The van der Waals surface area contributed by atoms with Gasteiger partial charge in [-0.05, 0) is 66.9 Å². The van der Waals surface area contributed by atoms with E-state index in [2.05, 4.69) is 0 Å². The van der Waals surface area contributed by atoms with E-state index in [9.17, 15) is 14.7 Å². The zero-order valence-corrected chi connectivity index (χ0v) is 18.6. The van der Waals surface area contributed by atoms with Crippen LogP contribution in [-0.4, -0.2) is 16.8 Å². The van der Waals surface area contributed by atoms with Crippen LogP contribution in [0.3, 0.4) is 0 Å². The van der Waals surface area contributed by atoms with Crippen molar-refractivity contribution < 1.29 is 19.1 Å². The van der Waals surface area contributed by atoms with Gasteiger partial charge < -0.3 is 9.52 Å². The van der Waals surface area contributed by atoms with Gasteiger partial charge in [-0.3, -0.25) is 14.5 Å². The Morgan fingerprint density at radius 2 is 1.58 bits per heavy atom. The highest BCUT2D eigenvalue weighted by molar-refractivity contribution is 6.51. The first-order valence-corrected chi connectivity index (χ1v) is 10.8. The Labute approximate surface area is 191 Å². The van der Waals surface area contributed by atoms with E-state index in [-0.39, 0.29) is 11.3 Å². The number of benzene rings is 3. The summed E-state index contributed by atoms with van der Waals surface area (Å²) in [5, 5.41) is 13.2. The predicted molar refractivity (Wildman–Crippen MR) is 128 cm³/mol. The highest BCUT2D eigenvalue weighted by atomic mass is 16.3. The van der Waals surface area contributed by atoms with Gasteiger partial charge in [0, 0.05) is 11.3 Å². The highest BCUT2D eigenvalue weighted by Crippen LogP contribution is 2.43. The number of ketones is 1. The second-order valence-electron chi connectivity index (χ2n) is 8.49. The molecule has 0 spiro atoms. The van der Waals surface area contributed by atoms with Crippen LogP contribution >= 0.6 is 0 Å². The molecule has 1 aliphatic heterocycles. The van der Waals surface area contributed by atoms with Crippen molar-refractivity contribution in [3.63, 3.8) is 0 Å². The molecule has 1 saturated heterocycles. The van der Waals surface area contributed by atoms with Crippen molar-refractivity contribution in [1.29, 1.82) is 0 Å². The summed E-state index contributed by atoms with van der Waals surface area (Å²) in [5.74, 6) is -0.565. The number of amides is 1. The molecule has 0 radical (unpaired) electrons. The van der Waals surface area contributed by atoms with Gasteiger partial charge in [-0.15, -0.1) is 0 Å². The molecular weight excluding hydrogens is 414 g/mol. The minimum atomic E-state index is -0.876. The van der Waals surface area contributed by atoms with Crippen molar-refractivity contribution in [2.24, 2.45) is 0 Å². The van der Waals surface area contributed by atoms with Gasteiger partial charge in [-0.1, -0.05) is 48.5 Å². The standard InChI is InChI=1S/C28H23NO4/c1-16-13-17(2)15-20(14-16)29-25(23-12-11-18(3)33-23)24(27(31)28(29)32)26(30)22-10-6-8-19-7-4-5-9-21(19)22/h4-15,25,30H,1-3H3/b26-24-. The van der Waals surface area contributed by atoms with E-state index in [1.807, 2.05) is 68.4 Å². The molecule has 0 bridgehead atoms. The third-order valence-electron chi connectivity index (χ3n) is 6.00. The third kappa shape index (κ3) is 3.42. The molecule has 3 aromatic carbocycles. The Bertz CT molecular complexity index is 1430. The van der Waals surface area contributed by atoms with Crippen LogP contribution in [0.25, 0.3) is 16.5 Å². The molecule has 1 unspecified atom stereocenters. The van der Waals surface area contributed by atoms with Gasteiger partial charge >= 0.3 is 0 Å². The summed E-state index contributed by atoms with van der Waals surface area (Å²) >= 11 is 0. The average Bonchev–Trinajstić information content (AvgIpc) is 3.33. The van der Waals surface area contributed by atoms with E-state index in [1.165, 1.54) is 4.90 Å². The number of hydrogen-bond donors (Lipinski definition) is 1. The Kier molecular flexibility index (Phi) is 4.90. The largest absolute Gasteiger partial charge is 0.507 e. The van der Waals surface area contributed by atoms with Crippen molar-refractivity contribution in [3.8, 4) is 0 Å². The summed E-state index contributed by atoms with van der Waals surface area (Å²) in [6, 6.07) is 21.5. The van der Waals surface area contributed by atoms with Crippen LogP contribution < -0.4 is 4.90 Å². The molecule has 0 aliphatic carbocycles. The smallest absolute Gasteiger partial charge is 0.300 e. The maximum Gasteiger partial charge on any atom is 0.300 e. The molecule has 1 amide bonds. The Morgan fingerprint density at radius 3 is 2.27 bits per heavy atom. The van der Waals surface area contributed by atoms with E-state index in [4.69, 9.17) is 4.42 Å². The van der Waals surface area contributed by atoms with Crippen LogP contribution in [0.15, 0.2) is 82.8 Å². The van der Waals surface area contributed by atoms with Gasteiger partial charge in [0.25, 0.3) is 11.7 Å². The first-order valence-electron chi connectivity index (χ1n) is 10.8. The van der Waals surface area contributed by atoms with Crippen molar-refractivity contribution >= 4 is 33.9 Å². The number of furan rings is 1. The zero-order chi connectivity index (χ0) is 23.3. The molecule has 5 heteroatoms. The molecule has 4 aromatic rings. The van der Waals surface area contributed by atoms with Gasteiger partial charge in [0.15, 0.2) is 0 Å². The molecule has 5 rings (SSSR count). The van der Waals surface area contributed by atoms with Gasteiger partial charge in [-0.25, -0.2) is 0 Å². The van der Waals surface area contributed by atoms with Crippen LogP contribution in [-0.2, 0) is 9.59 Å². The Balaban J connectivity index is 1.78. The number of hydrogen-bond acceptors (Lipinski definition) is 4. The number of nitrogens with zero attached hydrogens (tertiary/aromatic N) is 1. The van der Waals surface area contributed by atoms with E-state index >= 15 is 0 Å². The lowest BCUT2D eigenvalue weighted by Crippen LogP contribution is -2.29. The first kappa shape index (κ1) is 20.8. The Morgan fingerprint density at radius 1 is 0.879 bits per heavy atom. The van der Waals surface area contributed by atoms with Gasteiger partial charge in [0.1, 0.15) is 23.3 Å². The molecule has 5 nitrogen and oxygen atoms in total. The molecule has 1 atom stereocenters. The number of aryl methyl sites for hydroxylation is 3. The summed E-state index contributed by atoms with van der Waals surface area (Å²) in [5.41, 5.74) is 3.04. The third-order valence-corrected chi connectivity index (χ3v) is 6.00. The van der Waals surface area contributed by atoms with Crippen LogP contribution in [0.4, 0.5) is 5.69 Å². The zero-order valence-electron chi connectivity index (χ0n) is 18.6. The van der Waals surface area contributed by atoms with Crippen LogP contribution in [0.2, 0.25) is 0 Å². The predicted octanol–water partition coefficient (Wildman–Crippen LogP) is 5.98. The normalized spacial score (nSPS) is 17.8. The minimum Gasteiger partial charge on any atom is -0.507 e. The van der Waals surface area contributed by atoms with Crippen LogP contribution in [0, 0.1) is 20.8 Å². The maximum atomic E-state index is 13.3. The van der Waals surface area contributed by atoms with Crippen LogP contribution in [0.5, 0.6) is 0 Å². The number of rotatable bonds is 3. The number of Topliss-reactive ketones (excluding diaryl/α,β-unsaturated/α-hetero) is 1. The summed E-state index contributed by atoms with van der Waals surface area (Å²) in [6.45, 7) is 5.68. The fourth-order valence-electron chi connectivity index (χ4n) is 4.64. The molecule has 1 N–H and O–H groups in total. The number of aliphatic hydroxyl groups excluding tert-OH is 1. The SMILES string of the molecule is Cc1cc(C)cc(N2C(=O)C(=O)/C(=C(\O)c3cccc4ccccc34)C2c2ccc(C)o2)c1. The number of anilines is 1. The quantitative estimate of drug-likeness (QED) is 0.243. The molecule has 33 heavy (non-hydrogen) atoms. The van der Waals surface area contributed by atoms with Crippen molar-refractivity contribution in [3.05, 3.63) is 107 Å². The number of carbonyl (C=O) groups excluding carboxylic acids is 2. The second-order valence-corrected chi connectivity index (χ2v) is 8.49. The fraction of sp³-hybridized carbons (Fsp3) is 0.143. The summed E-state index contributed by atoms with van der Waals surface area (Å²) in [4.78, 5) is 28.1. The molecule has 164 valence electrons.